The fourth-order valence-corrected chi connectivity index (χ4v) is 3.31. The van der Waals surface area contributed by atoms with Crippen molar-refractivity contribution in [3.8, 4) is 0 Å². The molecule has 1 aliphatic rings. The number of benzene rings is 2. The van der Waals surface area contributed by atoms with Crippen molar-refractivity contribution in [2.24, 2.45) is 0 Å². The monoisotopic (exact) mass is 286 g/mol. The molecule has 3 heteroatoms. The van der Waals surface area contributed by atoms with Crippen LogP contribution in [0.1, 0.15) is 41.6 Å². The SMILES string of the molecule is O=C(c1ccc(F)cc1F)C1(c2ccccc2)CCCC1. The van der Waals surface area contributed by atoms with Crippen molar-refractivity contribution in [3.05, 3.63) is 71.3 Å². The van der Waals surface area contributed by atoms with E-state index in [4.69, 9.17) is 0 Å². The third-order valence-corrected chi connectivity index (χ3v) is 4.39. The van der Waals surface area contributed by atoms with Crippen LogP contribution in [-0.2, 0) is 5.41 Å². The number of ketones is 1. The molecule has 2 aromatic carbocycles. The van der Waals surface area contributed by atoms with E-state index in [0.29, 0.717) is 12.8 Å². The van der Waals surface area contributed by atoms with Crippen LogP contribution >= 0.6 is 0 Å². The van der Waals surface area contributed by atoms with Gasteiger partial charge < -0.3 is 0 Å². The zero-order chi connectivity index (χ0) is 14.9. The van der Waals surface area contributed by atoms with Crippen LogP contribution in [0.3, 0.4) is 0 Å². The summed E-state index contributed by atoms with van der Waals surface area (Å²) in [4.78, 5) is 12.9. The summed E-state index contributed by atoms with van der Waals surface area (Å²) in [5.41, 5.74) is 0.248. The van der Waals surface area contributed by atoms with Gasteiger partial charge in [0.25, 0.3) is 0 Å². The molecule has 0 N–H and O–H groups in total. The maximum Gasteiger partial charge on any atom is 0.176 e. The Kier molecular flexibility index (Phi) is 3.58. The minimum Gasteiger partial charge on any atom is -0.293 e. The summed E-state index contributed by atoms with van der Waals surface area (Å²) >= 11 is 0. The topological polar surface area (TPSA) is 17.1 Å². The molecule has 108 valence electrons. The molecule has 2 aromatic rings. The van der Waals surface area contributed by atoms with Crippen LogP contribution in [0.5, 0.6) is 0 Å². The minimum atomic E-state index is -0.776. The van der Waals surface area contributed by atoms with E-state index in [2.05, 4.69) is 0 Å². The summed E-state index contributed by atoms with van der Waals surface area (Å²) in [7, 11) is 0. The number of halogens is 2. The molecule has 0 heterocycles. The summed E-state index contributed by atoms with van der Waals surface area (Å²) in [6.07, 6.45) is 3.33. The van der Waals surface area contributed by atoms with Gasteiger partial charge >= 0.3 is 0 Å². The highest BCUT2D eigenvalue weighted by molar-refractivity contribution is 6.04. The molecule has 1 fully saturated rings. The van der Waals surface area contributed by atoms with Gasteiger partial charge in [-0.1, -0.05) is 43.2 Å². The lowest BCUT2D eigenvalue weighted by molar-refractivity contribution is 0.0881. The van der Waals surface area contributed by atoms with Crippen LogP contribution in [0.2, 0.25) is 0 Å². The van der Waals surface area contributed by atoms with Gasteiger partial charge in [0.05, 0.1) is 11.0 Å². The Bertz CT molecular complexity index is 658. The predicted molar refractivity (Wildman–Crippen MR) is 77.3 cm³/mol. The average molecular weight is 286 g/mol. The third-order valence-electron chi connectivity index (χ3n) is 4.39. The third kappa shape index (κ3) is 2.37. The van der Waals surface area contributed by atoms with Gasteiger partial charge in [-0.3, -0.25) is 4.79 Å². The van der Waals surface area contributed by atoms with Crippen molar-refractivity contribution >= 4 is 5.78 Å². The van der Waals surface area contributed by atoms with Crippen LogP contribution in [0.25, 0.3) is 0 Å². The standard InChI is InChI=1S/C18H16F2O/c19-14-8-9-15(16(20)12-14)17(21)18(10-4-5-11-18)13-6-2-1-3-7-13/h1-3,6-9,12H,4-5,10-11H2. The number of hydrogen-bond donors (Lipinski definition) is 0. The van der Waals surface area contributed by atoms with Crippen molar-refractivity contribution in [2.45, 2.75) is 31.1 Å². The van der Waals surface area contributed by atoms with Gasteiger partial charge in [0, 0.05) is 6.07 Å². The largest absolute Gasteiger partial charge is 0.293 e. The number of carbonyl (C=O) groups is 1. The summed E-state index contributed by atoms with van der Waals surface area (Å²) in [5, 5.41) is 0. The maximum absolute atomic E-state index is 14.0. The fraction of sp³-hybridized carbons (Fsp3) is 0.278. The van der Waals surface area contributed by atoms with Crippen molar-refractivity contribution < 1.29 is 13.6 Å². The Labute approximate surface area is 122 Å². The summed E-state index contributed by atoms with van der Waals surface area (Å²) in [6.45, 7) is 0. The molecule has 1 saturated carbocycles. The summed E-state index contributed by atoms with van der Waals surface area (Å²) in [5.74, 6) is -1.67. The lowest BCUT2D eigenvalue weighted by Crippen LogP contribution is -2.33. The Balaban J connectivity index is 2.08. The maximum atomic E-state index is 14.0. The Hall–Kier alpha value is -2.03. The van der Waals surface area contributed by atoms with Crippen molar-refractivity contribution in [1.82, 2.24) is 0 Å². The molecule has 0 spiro atoms. The number of carbonyl (C=O) groups excluding carboxylic acids is 1. The van der Waals surface area contributed by atoms with E-state index >= 15 is 0 Å². The van der Waals surface area contributed by atoms with Crippen LogP contribution in [0, 0.1) is 11.6 Å². The zero-order valence-corrected chi connectivity index (χ0v) is 11.6. The quantitative estimate of drug-likeness (QED) is 0.750. The van der Waals surface area contributed by atoms with Gasteiger partial charge in [0.2, 0.25) is 0 Å². The van der Waals surface area contributed by atoms with Crippen molar-refractivity contribution in [2.75, 3.05) is 0 Å². The average Bonchev–Trinajstić information content (AvgIpc) is 2.98. The molecule has 0 saturated heterocycles. The van der Waals surface area contributed by atoms with Crippen LogP contribution < -0.4 is 0 Å². The van der Waals surface area contributed by atoms with E-state index in [1.165, 1.54) is 6.07 Å². The van der Waals surface area contributed by atoms with Crippen LogP contribution in [-0.4, -0.2) is 5.78 Å². The van der Waals surface area contributed by atoms with E-state index in [1.54, 1.807) is 0 Å². The van der Waals surface area contributed by atoms with Gasteiger partial charge in [-0.05, 0) is 30.5 Å². The molecular weight excluding hydrogens is 270 g/mol. The first kappa shape index (κ1) is 13.9. The molecule has 0 amide bonds. The second kappa shape index (κ2) is 5.40. The lowest BCUT2D eigenvalue weighted by Gasteiger charge is -2.28. The van der Waals surface area contributed by atoms with E-state index < -0.39 is 17.0 Å². The van der Waals surface area contributed by atoms with Crippen LogP contribution in [0.15, 0.2) is 48.5 Å². The van der Waals surface area contributed by atoms with Gasteiger partial charge in [-0.15, -0.1) is 0 Å². The Morgan fingerprint density at radius 1 is 0.952 bits per heavy atom. The number of rotatable bonds is 3. The first-order chi connectivity index (χ1) is 10.1. The van der Waals surface area contributed by atoms with Gasteiger partial charge in [-0.2, -0.15) is 0 Å². The lowest BCUT2D eigenvalue weighted by atomic mass is 9.73. The molecular formula is C18H16F2O. The molecule has 21 heavy (non-hydrogen) atoms. The molecule has 0 atom stereocenters. The second-order valence-electron chi connectivity index (χ2n) is 5.61. The van der Waals surface area contributed by atoms with E-state index in [-0.39, 0.29) is 11.3 Å². The molecule has 0 unspecified atom stereocenters. The van der Waals surface area contributed by atoms with Crippen molar-refractivity contribution in [1.29, 1.82) is 0 Å². The van der Waals surface area contributed by atoms with Crippen LogP contribution in [0.4, 0.5) is 8.78 Å². The summed E-state index contributed by atoms with van der Waals surface area (Å²) in [6, 6.07) is 12.7. The van der Waals surface area contributed by atoms with Gasteiger partial charge in [0.15, 0.2) is 5.78 Å². The minimum absolute atomic E-state index is 0.0119. The number of hydrogen-bond acceptors (Lipinski definition) is 1. The number of Topliss-reactive ketones (excluding diaryl/α,β-unsaturated/α-hetero) is 1. The smallest absolute Gasteiger partial charge is 0.176 e. The zero-order valence-electron chi connectivity index (χ0n) is 11.6. The highest BCUT2D eigenvalue weighted by atomic mass is 19.1. The molecule has 3 rings (SSSR count). The fourth-order valence-electron chi connectivity index (χ4n) is 3.31. The molecule has 0 aromatic heterocycles. The molecule has 1 nitrogen and oxygen atoms in total. The van der Waals surface area contributed by atoms with E-state index in [0.717, 1.165) is 30.5 Å². The Morgan fingerprint density at radius 2 is 1.62 bits per heavy atom. The normalized spacial score (nSPS) is 16.9. The first-order valence-corrected chi connectivity index (χ1v) is 7.19. The molecule has 0 radical (unpaired) electrons. The predicted octanol–water partition coefficient (Wildman–Crippen LogP) is 4.66. The molecule has 0 bridgehead atoms. The first-order valence-electron chi connectivity index (χ1n) is 7.19. The van der Waals surface area contributed by atoms with Crippen molar-refractivity contribution in [3.63, 3.8) is 0 Å². The summed E-state index contributed by atoms with van der Waals surface area (Å²) < 4.78 is 27.0. The van der Waals surface area contributed by atoms with Gasteiger partial charge in [-0.25, -0.2) is 8.78 Å². The highest BCUT2D eigenvalue weighted by Crippen LogP contribution is 2.43. The second-order valence-corrected chi connectivity index (χ2v) is 5.61. The van der Waals surface area contributed by atoms with Gasteiger partial charge in [0.1, 0.15) is 11.6 Å². The highest BCUT2D eigenvalue weighted by Gasteiger charge is 2.43. The Morgan fingerprint density at radius 3 is 2.24 bits per heavy atom. The van der Waals surface area contributed by atoms with E-state index in [1.807, 2.05) is 30.3 Å². The van der Waals surface area contributed by atoms with E-state index in [9.17, 15) is 13.6 Å². The molecule has 1 aliphatic carbocycles. The molecule has 0 aliphatic heterocycles.